The average Bonchev–Trinajstić information content (AvgIpc) is 3.25. The van der Waals surface area contributed by atoms with Crippen molar-refractivity contribution in [1.29, 1.82) is 0 Å². The maximum atomic E-state index is 12.4. The molecule has 1 aromatic heterocycles. The van der Waals surface area contributed by atoms with Gasteiger partial charge in [-0.1, -0.05) is 28.2 Å². The van der Waals surface area contributed by atoms with Gasteiger partial charge in [-0.25, -0.2) is 0 Å². The van der Waals surface area contributed by atoms with E-state index in [4.69, 9.17) is 11.6 Å². The molecule has 0 radical (unpaired) electrons. The summed E-state index contributed by atoms with van der Waals surface area (Å²) in [5, 5.41) is 7.54. The summed E-state index contributed by atoms with van der Waals surface area (Å²) in [4.78, 5) is 27.0. The van der Waals surface area contributed by atoms with Gasteiger partial charge in [0.15, 0.2) is 0 Å². The minimum absolute atomic E-state index is 0.00316. The van der Waals surface area contributed by atoms with E-state index < -0.39 is 0 Å². The Morgan fingerprint density at radius 3 is 2.80 bits per heavy atom. The summed E-state index contributed by atoms with van der Waals surface area (Å²) in [7, 11) is 0. The second-order valence-electron chi connectivity index (χ2n) is 6.09. The number of nitrogens with zero attached hydrogens (tertiary/aromatic N) is 3. The van der Waals surface area contributed by atoms with Crippen LogP contribution >= 0.6 is 23.1 Å². The van der Waals surface area contributed by atoms with Gasteiger partial charge in [0.1, 0.15) is 4.88 Å². The van der Waals surface area contributed by atoms with Crippen LogP contribution in [0.4, 0.5) is 0 Å². The predicted octanol–water partition coefficient (Wildman–Crippen LogP) is 2.32. The number of halogens is 1. The Hall–Kier alpha value is -1.99. The van der Waals surface area contributed by atoms with Gasteiger partial charge >= 0.3 is 0 Å². The van der Waals surface area contributed by atoms with Crippen LogP contribution in [0.25, 0.3) is 0 Å². The summed E-state index contributed by atoms with van der Waals surface area (Å²) in [6, 6.07) is 7.59. The molecule has 2 heterocycles. The van der Waals surface area contributed by atoms with Crippen molar-refractivity contribution >= 4 is 34.9 Å². The first-order valence-electron chi connectivity index (χ1n) is 8.15. The first-order chi connectivity index (χ1) is 12.0. The highest BCUT2D eigenvalue weighted by Gasteiger charge is 2.32. The summed E-state index contributed by atoms with van der Waals surface area (Å²) >= 11 is 6.96. The van der Waals surface area contributed by atoms with E-state index in [1.807, 2.05) is 24.3 Å². The third kappa shape index (κ3) is 4.35. The Morgan fingerprint density at radius 1 is 1.36 bits per heavy atom. The monoisotopic (exact) mass is 378 g/mol. The largest absolute Gasteiger partial charge is 0.355 e. The molecule has 1 N–H and O–H groups in total. The highest BCUT2D eigenvalue weighted by Crippen LogP contribution is 2.21. The fourth-order valence-electron chi connectivity index (χ4n) is 2.86. The molecule has 1 fully saturated rings. The third-order valence-electron chi connectivity index (χ3n) is 4.32. The zero-order valence-electron chi connectivity index (χ0n) is 13.9. The van der Waals surface area contributed by atoms with Gasteiger partial charge in [0.25, 0.3) is 5.91 Å². The molecule has 0 bridgehead atoms. The molecule has 0 unspecified atom stereocenters. The standard InChI is InChI=1S/C17H19ClN4O2S/c1-11-15(25-21-20-11)17(24)22-9-7-13(10-22)16(23)19-8-6-12-2-4-14(18)5-3-12/h2-5,13H,6-10H2,1H3,(H,19,23)/t13-/m0/s1. The Labute approximate surface area is 155 Å². The van der Waals surface area contributed by atoms with E-state index in [0.717, 1.165) is 23.5 Å². The van der Waals surface area contributed by atoms with E-state index in [1.54, 1.807) is 11.8 Å². The van der Waals surface area contributed by atoms with Crippen LogP contribution in [-0.2, 0) is 11.2 Å². The molecule has 0 spiro atoms. The lowest BCUT2D eigenvalue weighted by Gasteiger charge is -2.15. The van der Waals surface area contributed by atoms with Crippen molar-refractivity contribution in [2.75, 3.05) is 19.6 Å². The summed E-state index contributed by atoms with van der Waals surface area (Å²) in [6.45, 7) is 3.38. The number of aromatic nitrogens is 2. The van der Waals surface area contributed by atoms with Gasteiger partial charge in [-0.05, 0) is 49.0 Å². The lowest BCUT2D eigenvalue weighted by Crippen LogP contribution is -2.35. The number of amides is 2. The highest BCUT2D eigenvalue weighted by molar-refractivity contribution is 7.07. The lowest BCUT2D eigenvalue weighted by atomic mass is 10.1. The SMILES string of the molecule is Cc1nnsc1C(=O)N1CC[C@H](C(=O)NCCc2ccc(Cl)cc2)C1. The fourth-order valence-corrected chi connectivity index (χ4v) is 3.61. The van der Waals surface area contributed by atoms with Crippen LogP contribution in [0.15, 0.2) is 24.3 Å². The Morgan fingerprint density at radius 2 is 2.12 bits per heavy atom. The van der Waals surface area contributed by atoms with E-state index in [9.17, 15) is 9.59 Å². The molecule has 8 heteroatoms. The number of likely N-dealkylation sites (tertiary alicyclic amines) is 1. The average molecular weight is 379 g/mol. The van der Waals surface area contributed by atoms with Crippen LogP contribution in [0, 0.1) is 12.8 Å². The van der Waals surface area contributed by atoms with Crippen LogP contribution in [0.3, 0.4) is 0 Å². The van der Waals surface area contributed by atoms with Crippen molar-refractivity contribution in [1.82, 2.24) is 19.8 Å². The Bertz CT molecular complexity index is 762. The maximum absolute atomic E-state index is 12.4. The molecule has 2 amide bonds. The Kier molecular flexibility index (Phi) is 5.65. The molecule has 1 aliphatic heterocycles. The van der Waals surface area contributed by atoms with Crippen LogP contribution in [-0.4, -0.2) is 45.9 Å². The zero-order valence-corrected chi connectivity index (χ0v) is 15.4. The second-order valence-corrected chi connectivity index (χ2v) is 7.28. The van der Waals surface area contributed by atoms with Gasteiger partial charge < -0.3 is 10.2 Å². The van der Waals surface area contributed by atoms with Crippen LogP contribution < -0.4 is 5.32 Å². The summed E-state index contributed by atoms with van der Waals surface area (Å²) in [6.07, 6.45) is 1.44. The maximum Gasteiger partial charge on any atom is 0.267 e. The molecule has 1 aromatic carbocycles. The summed E-state index contributed by atoms with van der Waals surface area (Å²) < 4.78 is 3.80. The van der Waals surface area contributed by atoms with Crippen molar-refractivity contribution in [3.05, 3.63) is 45.4 Å². The van der Waals surface area contributed by atoms with Crippen LogP contribution in [0.2, 0.25) is 5.02 Å². The Balaban J connectivity index is 1.46. The fraction of sp³-hybridized carbons (Fsp3) is 0.412. The molecule has 25 heavy (non-hydrogen) atoms. The smallest absolute Gasteiger partial charge is 0.267 e. The molecule has 1 aliphatic rings. The van der Waals surface area contributed by atoms with Crippen molar-refractivity contribution in [2.24, 2.45) is 5.92 Å². The molecule has 3 rings (SSSR count). The summed E-state index contributed by atoms with van der Waals surface area (Å²) in [5.74, 6) is -0.234. The number of carbonyl (C=O) groups is 2. The number of carbonyl (C=O) groups excluding carboxylic acids is 2. The molecule has 0 aliphatic carbocycles. The van der Waals surface area contributed by atoms with E-state index in [-0.39, 0.29) is 17.7 Å². The minimum atomic E-state index is -0.157. The predicted molar refractivity (Wildman–Crippen MR) is 96.8 cm³/mol. The molecule has 1 atom stereocenters. The number of nitrogens with one attached hydrogen (secondary N) is 1. The van der Waals surface area contributed by atoms with Crippen molar-refractivity contribution in [3.8, 4) is 0 Å². The molecule has 132 valence electrons. The molecular formula is C17H19ClN4O2S. The minimum Gasteiger partial charge on any atom is -0.355 e. The lowest BCUT2D eigenvalue weighted by molar-refractivity contribution is -0.124. The van der Waals surface area contributed by atoms with Gasteiger partial charge in [0.2, 0.25) is 5.91 Å². The van der Waals surface area contributed by atoms with Crippen molar-refractivity contribution in [3.63, 3.8) is 0 Å². The van der Waals surface area contributed by atoms with Gasteiger partial charge in [0.05, 0.1) is 11.6 Å². The second kappa shape index (κ2) is 7.93. The van der Waals surface area contributed by atoms with E-state index in [2.05, 4.69) is 14.9 Å². The topological polar surface area (TPSA) is 75.2 Å². The number of rotatable bonds is 5. The number of aryl methyl sites for hydroxylation is 1. The molecular weight excluding hydrogens is 360 g/mol. The van der Waals surface area contributed by atoms with Gasteiger partial charge in [-0.3, -0.25) is 9.59 Å². The van der Waals surface area contributed by atoms with Gasteiger partial charge in [-0.15, -0.1) is 5.10 Å². The molecule has 2 aromatic rings. The number of hydrogen-bond acceptors (Lipinski definition) is 5. The first-order valence-corrected chi connectivity index (χ1v) is 9.30. The molecule has 1 saturated heterocycles. The van der Waals surface area contributed by atoms with Gasteiger partial charge in [0, 0.05) is 24.7 Å². The van der Waals surface area contributed by atoms with E-state index in [1.165, 1.54) is 0 Å². The van der Waals surface area contributed by atoms with Gasteiger partial charge in [-0.2, -0.15) is 0 Å². The third-order valence-corrected chi connectivity index (χ3v) is 5.39. The number of hydrogen-bond donors (Lipinski definition) is 1. The number of benzene rings is 1. The van der Waals surface area contributed by atoms with Crippen molar-refractivity contribution < 1.29 is 9.59 Å². The van der Waals surface area contributed by atoms with Crippen LogP contribution in [0.1, 0.15) is 27.3 Å². The quantitative estimate of drug-likeness (QED) is 0.866. The summed E-state index contributed by atoms with van der Waals surface area (Å²) in [5.41, 5.74) is 1.77. The van der Waals surface area contributed by atoms with E-state index >= 15 is 0 Å². The highest BCUT2D eigenvalue weighted by atomic mass is 35.5. The van der Waals surface area contributed by atoms with Crippen molar-refractivity contribution in [2.45, 2.75) is 19.8 Å². The van der Waals surface area contributed by atoms with Crippen LogP contribution in [0.5, 0.6) is 0 Å². The van der Waals surface area contributed by atoms with E-state index in [0.29, 0.717) is 41.6 Å². The normalized spacial score (nSPS) is 16.9. The zero-order chi connectivity index (χ0) is 17.8. The first kappa shape index (κ1) is 17.8. The molecule has 0 saturated carbocycles. The molecule has 6 nitrogen and oxygen atoms in total.